The van der Waals surface area contributed by atoms with Gasteiger partial charge in [0.05, 0.1) is 12.0 Å². The summed E-state index contributed by atoms with van der Waals surface area (Å²) in [6.45, 7) is 2.05. The molecule has 3 rings (SSSR count). The lowest BCUT2D eigenvalue weighted by atomic mass is 10.1. The van der Waals surface area contributed by atoms with Crippen LogP contribution in [0.25, 0.3) is 21.3 Å². The Hall–Kier alpha value is -2.67. The molecule has 0 bridgehead atoms. The average Bonchev–Trinajstić information content (AvgIpc) is 2.99. The van der Waals surface area contributed by atoms with Gasteiger partial charge in [-0.3, -0.25) is 5.43 Å². The molecule has 0 radical (unpaired) electrons. The molecule has 3 aromatic rings. The van der Waals surface area contributed by atoms with E-state index < -0.39 is 6.09 Å². The van der Waals surface area contributed by atoms with E-state index in [-0.39, 0.29) is 0 Å². The third-order valence-corrected chi connectivity index (χ3v) is 3.90. The van der Waals surface area contributed by atoms with Crippen LogP contribution in [-0.4, -0.2) is 22.7 Å². The highest BCUT2D eigenvalue weighted by molar-refractivity contribution is 7.17. The third-order valence-electron chi connectivity index (χ3n) is 3.01. The summed E-state index contributed by atoms with van der Waals surface area (Å²) in [7, 11) is 0. The number of hydrogen-bond donors (Lipinski definition) is 2. The predicted molar refractivity (Wildman–Crippen MR) is 86.6 cm³/mol. The van der Waals surface area contributed by atoms with Crippen molar-refractivity contribution in [3.63, 3.8) is 0 Å². The first-order valence-corrected chi connectivity index (χ1v) is 7.64. The van der Waals surface area contributed by atoms with E-state index in [0.29, 0.717) is 12.4 Å². The summed E-state index contributed by atoms with van der Waals surface area (Å²) in [6, 6.07) is 9.98. The number of anilines is 1. The number of fused-ring (bicyclic) bond motifs is 1. The van der Waals surface area contributed by atoms with Crippen molar-refractivity contribution >= 4 is 33.5 Å². The molecule has 0 atom stereocenters. The van der Waals surface area contributed by atoms with Crippen LogP contribution < -0.4 is 10.9 Å². The number of nitrogens with zero attached hydrogens (tertiary/aromatic N) is 2. The molecular formula is C15H14N4O2S. The van der Waals surface area contributed by atoms with Crippen molar-refractivity contribution < 1.29 is 9.53 Å². The molecular weight excluding hydrogens is 300 g/mol. The van der Waals surface area contributed by atoms with Crippen LogP contribution in [0.5, 0.6) is 0 Å². The van der Waals surface area contributed by atoms with Crippen LogP contribution in [0.2, 0.25) is 0 Å². The normalized spacial score (nSPS) is 10.4. The molecule has 2 N–H and O–H groups in total. The molecule has 112 valence electrons. The number of rotatable bonds is 4. The van der Waals surface area contributed by atoms with Crippen LogP contribution in [0.15, 0.2) is 42.0 Å². The molecule has 0 spiro atoms. The SMILES string of the molecule is CCOC(=O)NNc1ncnc2scc(-c3ccccc3)c12. The number of hydrogen-bond acceptors (Lipinski definition) is 6. The van der Waals surface area contributed by atoms with Gasteiger partial charge in [0.2, 0.25) is 0 Å². The predicted octanol–water partition coefficient (Wildman–Crippen LogP) is 3.43. The lowest BCUT2D eigenvalue weighted by Gasteiger charge is -2.09. The van der Waals surface area contributed by atoms with Gasteiger partial charge in [-0.2, -0.15) is 0 Å². The summed E-state index contributed by atoms with van der Waals surface area (Å²) in [6.07, 6.45) is 0.911. The topological polar surface area (TPSA) is 76.1 Å². The number of benzene rings is 1. The van der Waals surface area contributed by atoms with Crippen molar-refractivity contribution in [1.82, 2.24) is 15.4 Å². The molecule has 6 nitrogen and oxygen atoms in total. The van der Waals surface area contributed by atoms with Gasteiger partial charge >= 0.3 is 6.09 Å². The number of carbonyl (C=O) groups is 1. The van der Waals surface area contributed by atoms with E-state index in [1.165, 1.54) is 17.7 Å². The summed E-state index contributed by atoms with van der Waals surface area (Å²) in [5.41, 5.74) is 7.36. The van der Waals surface area contributed by atoms with Gasteiger partial charge in [-0.05, 0) is 12.5 Å². The molecule has 0 saturated carbocycles. The molecule has 1 amide bonds. The number of thiophene rings is 1. The maximum absolute atomic E-state index is 11.4. The molecule has 0 aliphatic carbocycles. The van der Waals surface area contributed by atoms with Crippen LogP contribution in [-0.2, 0) is 4.74 Å². The van der Waals surface area contributed by atoms with Crippen LogP contribution in [0, 0.1) is 0 Å². The highest BCUT2D eigenvalue weighted by Gasteiger charge is 2.13. The second-order valence-corrected chi connectivity index (χ2v) is 5.25. The summed E-state index contributed by atoms with van der Waals surface area (Å²) >= 11 is 1.53. The molecule has 1 aromatic carbocycles. The Labute approximate surface area is 131 Å². The first-order chi connectivity index (χ1) is 10.8. The summed E-state index contributed by atoms with van der Waals surface area (Å²) in [5, 5.41) is 2.90. The van der Waals surface area contributed by atoms with E-state index in [4.69, 9.17) is 4.74 Å². The first kappa shape index (κ1) is 14.3. The van der Waals surface area contributed by atoms with Gasteiger partial charge in [-0.15, -0.1) is 11.3 Å². The minimum atomic E-state index is -0.550. The Morgan fingerprint density at radius 2 is 2.09 bits per heavy atom. The van der Waals surface area contributed by atoms with Crippen molar-refractivity contribution in [2.24, 2.45) is 0 Å². The Morgan fingerprint density at radius 3 is 2.86 bits per heavy atom. The number of amides is 1. The highest BCUT2D eigenvalue weighted by Crippen LogP contribution is 2.35. The third kappa shape index (κ3) is 2.84. The highest BCUT2D eigenvalue weighted by atomic mass is 32.1. The Morgan fingerprint density at radius 1 is 1.27 bits per heavy atom. The van der Waals surface area contributed by atoms with Crippen LogP contribution in [0.4, 0.5) is 10.6 Å². The van der Waals surface area contributed by atoms with Gasteiger partial charge in [0.25, 0.3) is 0 Å². The molecule has 0 saturated heterocycles. The zero-order valence-corrected chi connectivity index (χ0v) is 12.7. The summed E-state index contributed by atoms with van der Waals surface area (Å²) in [4.78, 5) is 20.7. The van der Waals surface area contributed by atoms with Gasteiger partial charge in [0.15, 0.2) is 5.82 Å². The quantitative estimate of drug-likeness (QED) is 0.722. The standard InChI is InChI=1S/C15H14N4O2S/c1-2-21-15(20)19-18-13-12-11(10-6-4-3-5-7-10)8-22-14(12)17-9-16-13/h3-9H,2H2,1H3,(H,19,20)(H,16,17,18). The van der Waals surface area contributed by atoms with E-state index >= 15 is 0 Å². The Kier molecular flexibility index (Phi) is 4.15. The van der Waals surface area contributed by atoms with Crippen LogP contribution >= 0.6 is 11.3 Å². The Bertz CT molecular complexity index is 789. The molecule has 22 heavy (non-hydrogen) atoms. The van der Waals surface area contributed by atoms with Crippen molar-refractivity contribution in [2.45, 2.75) is 6.92 Å². The second-order valence-electron chi connectivity index (χ2n) is 4.39. The number of hydrazine groups is 1. The van der Waals surface area contributed by atoms with Crippen molar-refractivity contribution in [2.75, 3.05) is 12.0 Å². The molecule has 2 aromatic heterocycles. The average molecular weight is 314 g/mol. The fourth-order valence-electron chi connectivity index (χ4n) is 2.08. The van der Waals surface area contributed by atoms with Crippen molar-refractivity contribution in [3.05, 3.63) is 42.0 Å². The first-order valence-electron chi connectivity index (χ1n) is 6.76. The lowest BCUT2D eigenvalue weighted by Crippen LogP contribution is -2.30. The summed E-state index contributed by atoms with van der Waals surface area (Å²) < 4.78 is 4.82. The minimum absolute atomic E-state index is 0.306. The second kappa shape index (κ2) is 6.40. The van der Waals surface area contributed by atoms with E-state index in [2.05, 4.69) is 20.8 Å². The molecule has 0 aliphatic rings. The molecule has 0 fully saturated rings. The monoisotopic (exact) mass is 314 g/mol. The van der Waals surface area contributed by atoms with E-state index in [1.54, 1.807) is 6.92 Å². The maximum Gasteiger partial charge on any atom is 0.425 e. The van der Waals surface area contributed by atoms with Gasteiger partial charge in [-0.25, -0.2) is 20.2 Å². The lowest BCUT2D eigenvalue weighted by molar-refractivity contribution is 0.154. The maximum atomic E-state index is 11.4. The van der Waals surface area contributed by atoms with Crippen molar-refractivity contribution in [3.8, 4) is 11.1 Å². The van der Waals surface area contributed by atoms with Gasteiger partial charge in [0, 0.05) is 10.9 Å². The zero-order valence-electron chi connectivity index (χ0n) is 11.9. The molecule has 0 unspecified atom stereocenters. The van der Waals surface area contributed by atoms with Gasteiger partial charge in [-0.1, -0.05) is 30.3 Å². The number of carbonyl (C=O) groups excluding carboxylic acids is 1. The number of aromatic nitrogens is 2. The van der Waals surface area contributed by atoms with Crippen LogP contribution in [0.1, 0.15) is 6.92 Å². The van der Waals surface area contributed by atoms with Gasteiger partial charge in [0.1, 0.15) is 11.2 Å². The minimum Gasteiger partial charge on any atom is -0.449 e. The van der Waals surface area contributed by atoms with E-state index in [1.807, 2.05) is 35.7 Å². The number of nitrogens with one attached hydrogen (secondary N) is 2. The fourth-order valence-corrected chi connectivity index (χ4v) is 2.99. The van der Waals surface area contributed by atoms with Crippen molar-refractivity contribution in [1.29, 1.82) is 0 Å². The zero-order chi connectivity index (χ0) is 15.4. The Balaban J connectivity index is 1.97. The van der Waals surface area contributed by atoms with E-state index in [0.717, 1.165) is 21.3 Å². The van der Waals surface area contributed by atoms with Crippen LogP contribution in [0.3, 0.4) is 0 Å². The molecule has 0 aliphatic heterocycles. The largest absolute Gasteiger partial charge is 0.449 e. The fraction of sp³-hybridized carbons (Fsp3) is 0.133. The summed E-state index contributed by atoms with van der Waals surface area (Å²) in [5.74, 6) is 0.540. The molecule has 7 heteroatoms. The smallest absolute Gasteiger partial charge is 0.425 e. The number of ether oxygens (including phenoxy) is 1. The molecule has 2 heterocycles. The van der Waals surface area contributed by atoms with Gasteiger partial charge < -0.3 is 4.74 Å². The van der Waals surface area contributed by atoms with E-state index in [9.17, 15) is 4.79 Å².